The van der Waals surface area contributed by atoms with E-state index in [2.05, 4.69) is 10.3 Å². The lowest BCUT2D eigenvalue weighted by molar-refractivity contribution is -0.129. The Morgan fingerprint density at radius 3 is 2.91 bits per heavy atom. The summed E-state index contributed by atoms with van der Waals surface area (Å²) in [5.41, 5.74) is 2.45. The summed E-state index contributed by atoms with van der Waals surface area (Å²) in [4.78, 5) is 15.2. The predicted octanol–water partition coefficient (Wildman–Crippen LogP) is 3.17. The predicted molar refractivity (Wildman–Crippen MR) is 86.6 cm³/mol. The number of rotatable bonds is 4. The number of carbonyl (C=O) groups excluding carboxylic acids is 1. The van der Waals surface area contributed by atoms with Gasteiger partial charge in [0.25, 0.3) is 5.91 Å². The van der Waals surface area contributed by atoms with E-state index in [1.54, 1.807) is 24.3 Å². The van der Waals surface area contributed by atoms with E-state index in [9.17, 15) is 9.90 Å². The summed E-state index contributed by atoms with van der Waals surface area (Å²) in [6, 6.07) is 14.5. The molecule has 3 N–H and O–H groups in total. The molecule has 0 aliphatic rings. The molecule has 1 amide bonds. The highest BCUT2D eigenvalue weighted by Crippen LogP contribution is 2.18. The minimum absolute atomic E-state index is 0.353. The Kier molecular flexibility index (Phi) is 4.13. The van der Waals surface area contributed by atoms with Crippen molar-refractivity contribution in [1.29, 1.82) is 0 Å². The standard InChI is InChI=1S/C17H15ClN2O2/c18-14-3-1-2-13(9-14)16(21)17(22)20-10-11-4-5-12-6-7-19-15(12)8-11/h1-9,16,19,21H,10H2,(H,20,22)/t16-/m1/s1. The molecule has 0 saturated carbocycles. The average molecular weight is 315 g/mol. The molecule has 5 heteroatoms. The molecule has 0 spiro atoms. The first kappa shape index (κ1) is 14.6. The summed E-state index contributed by atoms with van der Waals surface area (Å²) >= 11 is 5.86. The minimum atomic E-state index is -1.23. The lowest BCUT2D eigenvalue weighted by Gasteiger charge is -2.12. The molecule has 3 aromatic rings. The highest BCUT2D eigenvalue weighted by atomic mass is 35.5. The number of benzene rings is 2. The molecule has 1 atom stereocenters. The maximum atomic E-state index is 12.0. The van der Waals surface area contributed by atoms with Gasteiger partial charge in [0.2, 0.25) is 0 Å². The molecule has 0 unspecified atom stereocenters. The van der Waals surface area contributed by atoms with E-state index in [1.165, 1.54) is 0 Å². The van der Waals surface area contributed by atoms with E-state index in [0.29, 0.717) is 17.1 Å². The molecule has 0 aliphatic carbocycles. The molecule has 0 saturated heterocycles. The molecule has 1 aromatic heterocycles. The van der Waals surface area contributed by atoms with Crippen LogP contribution in [0.15, 0.2) is 54.7 Å². The number of aromatic nitrogens is 1. The first-order valence-corrected chi connectivity index (χ1v) is 7.28. The van der Waals surface area contributed by atoms with Gasteiger partial charge < -0.3 is 15.4 Å². The summed E-state index contributed by atoms with van der Waals surface area (Å²) in [6.07, 6.45) is 0.642. The Morgan fingerprint density at radius 2 is 2.09 bits per heavy atom. The van der Waals surface area contributed by atoms with Gasteiger partial charge in [0.05, 0.1) is 0 Å². The van der Waals surface area contributed by atoms with Gasteiger partial charge in [0, 0.05) is 23.3 Å². The zero-order chi connectivity index (χ0) is 15.5. The van der Waals surface area contributed by atoms with Crippen molar-refractivity contribution < 1.29 is 9.90 Å². The van der Waals surface area contributed by atoms with Crippen LogP contribution in [0.4, 0.5) is 0 Å². The van der Waals surface area contributed by atoms with Crippen molar-refractivity contribution in [3.05, 3.63) is 70.9 Å². The van der Waals surface area contributed by atoms with E-state index < -0.39 is 12.0 Å². The molecular formula is C17H15ClN2O2. The maximum Gasteiger partial charge on any atom is 0.253 e. The van der Waals surface area contributed by atoms with Gasteiger partial charge in [-0.15, -0.1) is 0 Å². The van der Waals surface area contributed by atoms with Gasteiger partial charge in [-0.1, -0.05) is 35.9 Å². The van der Waals surface area contributed by atoms with Crippen LogP contribution in [0.1, 0.15) is 17.2 Å². The van der Waals surface area contributed by atoms with Crippen LogP contribution in [0.3, 0.4) is 0 Å². The molecule has 0 bridgehead atoms. The smallest absolute Gasteiger partial charge is 0.253 e. The van der Waals surface area contributed by atoms with Crippen LogP contribution in [0.5, 0.6) is 0 Å². The SMILES string of the molecule is O=C(NCc1ccc2cc[nH]c2c1)[C@H](O)c1cccc(Cl)c1. The van der Waals surface area contributed by atoms with Crippen LogP contribution in [0, 0.1) is 0 Å². The average Bonchev–Trinajstić information content (AvgIpc) is 2.99. The third-order valence-corrected chi connectivity index (χ3v) is 3.73. The summed E-state index contributed by atoms with van der Waals surface area (Å²) in [5.74, 6) is -0.450. The van der Waals surface area contributed by atoms with E-state index in [1.807, 2.05) is 30.5 Å². The molecule has 0 aliphatic heterocycles. The van der Waals surface area contributed by atoms with E-state index in [-0.39, 0.29) is 0 Å². The molecule has 1 heterocycles. The number of amides is 1. The zero-order valence-corrected chi connectivity index (χ0v) is 12.5. The fourth-order valence-corrected chi connectivity index (χ4v) is 2.52. The van der Waals surface area contributed by atoms with Crippen LogP contribution >= 0.6 is 11.6 Å². The van der Waals surface area contributed by atoms with Gasteiger partial charge in [0.1, 0.15) is 0 Å². The van der Waals surface area contributed by atoms with Gasteiger partial charge >= 0.3 is 0 Å². The Labute approximate surface area is 132 Å². The lowest BCUT2D eigenvalue weighted by atomic mass is 10.1. The van der Waals surface area contributed by atoms with Crippen molar-refractivity contribution in [2.75, 3.05) is 0 Å². The molecule has 0 radical (unpaired) electrons. The van der Waals surface area contributed by atoms with Gasteiger partial charge in [-0.05, 0) is 40.8 Å². The largest absolute Gasteiger partial charge is 0.378 e. The third-order valence-electron chi connectivity index (χ3n) is 3.50. The molecule has 4 nitrogen and oxygen atoms in total. The highest BCUT2D eigenvalue weighted by Gasteiger charge is 2.17. The molecule has 22 heavy (non-hydrogen) atoms. The first-order valence-electron chi connectivity index (χ1n) is 6.91. The lowest BCUT2D eigenvalue weighted by Crippen LogP contribution is -2.28. The Bertz CT molecular complexity index is 813. The van der Waals surface area contributed by atoms with Crippen molar-refractivity contribution in [3.63, 3.8) is 0 Å². The number of aliphatic hydroxyl groups is 1. The van der Waals surface area contributed by atoms with Crippen LogP contribution in [0.2, 0.25) is 5.02 Å². The van der Waals surface area contributed by atoms with E-state index in [4.69, 9.17) is 11.6 Å². The summed E-state index contributed by atoms with van der Waals surface area (Å²) in [5, 5.41) is 14.4. The second-order valence-electron chi connectivity index (χ2n) is 5.07. The van der Waals surface area contributed by atoms with Gasteiger partial charge in [-0.3, -0.25) is 4.79 Å². The van der Waals surface area contributed by atoms with Crippen molar-refractivity contribution in [2.45, 2.75) is 12.6 Å². The molecule has 0 fully saturated rings. The quantitative estimate of drug-likeness (QED) is 0.692. The normalized spacial score (nSPS) is 12.3. The number of halogens is 1. The first-order chi connectivity index (χ1) is 10.6. The number of aliphatic hydroxyl groups excluding tert-OH is 1. The number of hydrogen-bond acceptors (Lipinski definition) is 2. The number of aromatic amines is 1. The Hall–Kier alpha value is -2.30. The van der Waals surface area contributed by atoms with E-state index in [0.717, 1.165) is 16.5 Å². The van der Waals surface area contributed by atoms with E-state index >= 15 is 0 Å². The topological polar surface area (TPSA) is 65.1 Å². The number of H-pyrrole nitrogens is 1. The second kappa shape index (κ2) is 6.22. The summed E-state index contributed by atoms with van der Waals surface area (Å²) < 4.78 is 0. The summed E-state index contributed by atoms with van der Waals surface area (Å²) in [6.45, 7) is 0.353. The van der Waals surface area contributed by atoms with Crippen LogP contribution < -0.4 is 5.32 Å². The molecule has 112 valence electrons. The van der Waals surface area contributed by atoms with Gasteiger partial charge in [-0.25, -0.2) is 0 Å². The number of hydrogen-bond donors (Lipinski definition) is 3. The van der Waals surface area contributed by atoms with Crippen molar-refractivity contribution >= 4 is 28.4 Å². The second-order valence-corrected chi connectivity index (χ2v) is 5.51. The van der Waals surface area contributed by atoms with Gasteiger partial charge in [-0.2, -0.15) is 0 Å². The van der Waals surface area contributed by atoms with Gasteiger partial charge in [0.15, 0.2) is 6.10 Å². The van der Waals surface area contributed by atoms with Crippen molar-refractivity contribution in [2.24, 2.45) is 0 Å². The number of nitrogens with one attached hydrogen (secondary N) is 2. The molecule has 3 rings (SSSR count). The fraction of sp³-hybridized carbons (Fsp3) is 0.118. The van der Waals surface area contributed by atoms with Crippen molar-refractivity contribution in [1.82, 2.24) is 10.3 Å². The van der Waals surface area contributed by atoms with Crippen LogP contribution in [-0.4, -0.2) is 16.0 Å². The van der Waals surface area contributed by atoms with Crippen LogP contribution in [-0.2, 0) is 11.3 Å². The summed E-state index contributed by atoms with van der Waals surface area (Å²) in [7, 11) is 0. The van der Waals surface area contributed by atoms with Crippen LogP contribution in [0.25, 0.3) is 10.9 Å². The zero-order valence-electron chi connectivity index (χ0n) is 11.7. The monoisotopic (exact) mass is 314 g/mol. The molecule has 2 aromatic carbocycles. The highest BCUT2D eigenvalue weighted by molar-refractivity contribution is 6.30. The van der Waals surface area contributed by atoms with Crippen molar-refractivity contribution in [3.8, 4) is 0 Å². The molecular weight excluding hydrogens is 300 g/mol. The Balaban J connectivity index is 1.66. The third kappa shape index (κ3) is 3.13. The Morgan fingerprint density at radius 1 is 1.23 bits per heavy atom. The fourth-order valence-electron chi connectivity index (χ4n) is 2.32. The number of fused-ring (bicyclic) bond motifs is 1. The maximum absolute atomic E-state index is 12.0. The number of carbonyl (C=O) groups is 1. The minimum Gasteiger partial charge on any atom is -0.378 e.